The second-order valence-corrected chi connectivity index (χ2v) is 7.47. The molecule has 0 aliphatic rings. The Morgan fingerprint density at radius 3 is 1.27 bits per heavy atom. The minimum absolute atomic E-state index is 0.0415. The minimum atomic E-state index is -0.330. The van der Waals surface area contributed by atoms with Crippen LogP contribution in [0.3, 0.4) is 0 Å². The molecule has 0 fully saturated rings. The summed E-state index contributed by atoms with van der Waals surface area (Å²) in [5, 5.41) is 24.8. The molecule has 2 N–H and O–H groups in total. The Morgan fingerprint density at radius 2 is 0.867 bits per heavy atom. The van der Waals surface area contributed by atoms with Crippen LogP contribution in [0.1, 0.15) is 0 Å². The summed E-state index contributed by atoms with van der Waals surface area (Å²) in [7, 11) is 0. The number of aromatic hydroxyl groups is 2. The fourth-order valence-electron chi connectivity index (χ4n) is 4.71. The lowest BCUT2D eigenvalue weighted by atomic mass is 10.1. The van der Waals surface area contributed by atoms with E-state index in [2.05, 4.69) is 0 Å². The van der Waals surface area contributed by atoms with Crippen LogP contribution in [0.2, 0.25) is 0 Å². The van der Waals surface area contributed by atoms with Gasteiger partial charge in [0.1, 0.15) is 11.2 Å². The normalized spacial score (nSPS) is 12.5. The Morgan fingerprint density at radius 1 is 0.500 bits per heavy atom. The molecule has 0 radical (unpaired) electrons. The van der Waals surface area contributed by atoms with Crippen LogP contribution in [0, 0.1) is 0 Å². The molecule has 0 unspecified atom stereocenters. The highest BCUT2D eigenvalue weighted by atomic mass is 16.4. The third-order valence-electron chi connectivity index (χ3n) is 6.01. The maximum absolute atomic E-state index is 13.0. The van der Waals surface area contributed by atoms with Crippen LogP contribution in [0.15, 0.2) is 67.0 Å². The zero-order chi connectivity index (χ0) is 20.3. The van der Waals surface area contributed by atoms with Gasteiger partial charge in [-0.05, 0) is 0 Å². The van der Waals surface area contributed by atoms with Crippen molar-refractivity contribution in [1.82, 2.24) is 0 Å². The summed E-state index contributed by atoms with van der Waals surface area (Å²) in [6.07, 6.45) is 0. The lowest BCUT2D eigenvalue weighted by molar-refractivity contribution is 0.462. The lowest BCUT2D eigenvalue weighted by Crippen LogP contribution is -1.94. The number of hydrogen-bond acceptors (Lipinski definition) is 6. The quantitative estimate of drug-likeness (QED) is 0.358. The number of furan rings is 2. The molecule has 2 heterocycles. The second kappa shape index (κ2) is 4.80. The third-order valence-corrected chi connectivity index (χ3v) is 6.01. The number of hydrogen-bond donors (Lipinski definition) is 2. The van der Waals surface area contributed by atoms with Crippen molar-refractivity contribution >= 4 is 65.4 Å². The van der Waals surface area contributed by atoms with Crippen molar-refractivity contribution in [3.8, 4) is 11.5 Å². The maximum Gasteiger partial charge on any atom is 0.198 e. The van der Waals surface area contributed by atoms with Gasteiger partial charge in [0.25, 0.3) is 0 Å². The van der Waals surface area contributed by atoms with Crippen molar-refractivity contribution in [2.24, 2.45) is 0 Å². The smallest absolute Gasteiger partial charge is 0.198 e. The summed E-state index contributed by atoms with van der Waals surface area (Å²) in [6.45, 7) is 0. The van der Waals surface area contributed by atoms with E-state index in [1.807, 2.05) is 0 Å². The van der Waals surface area contributed by atoms with Gasteiger partial charge >= 0.3 is 0 Å². The van der Waals surface area contributed by atoms with Crippen LogP contribution in [0.25, 0.3) is 65.4 Å². The minimum Gasteiger partial charge on any atom is -0.504 e. The molecule has 0 amide bonds. The summed E-state index contributed by atoms with van der Waals surface area (Å²) < 4.78 is 11.8. The molecule has 7 rings (SSSR count). The van der Waals surface area contributed by atoms with Gasteiger partial charge in [0.2, 0.25) is 0 Å². The van der Waals surface area contributed by atoms with Crippen molar-refractivity contribution in [1.29, 1.82) is 0 Å². The van der Waals surface area contributed by atoms with Crippen molar-refractivity contribution in [2.75, 3.05) is 0 Å². The fourth-order valence-corrected chi connectivity index (χ4v) is 4.71. The van der Waals surface area contributed by atoms with Gasteiger partial charge < -0.3 is 19.0 Å². The molecule has 2 aromatic heterocycles. The summed E-state index contributed by atoms with van der Waals surface area (Å²) in [4.78, 5) is 26.0. The number of phenolic OH excluding ortho intramolecular Hbond substituents is 2. The Labute approximate surface area is 165 Å². The van der Waals surface area contributed by atoms with Crippen LogP contribution in [0.5, 0.6) is 11.5 Å². The van der Waals surface area contributed by atoms with Crippen LogP contribution in [-0.4, -0.2) is 10.2 Å². The average Bonchev–Trinajstić information content (AvgIpc) is 3.48. The van der Waals surface area contributed by atoms with Gasteiger partial charge in [-0.3, -0.25) is 9.59 Å². The third kappa shape index (κ3) is 1.51. The standard InChI is InChI=1S/C24H10O6/c25-17-9-5-1-3-7-11(9)21-13(17)15-19(27)24-16(20(28)23(15)29-21)14-18(26)10-6-2-4-8-12(10)22(14)30-24/h1-8,27-28H. The van der Waals surface area contributed by atoms with E-state index in [1.54, 1.807) is 48.5 Å². The molecule has 142 valence electrons. The predicted molar refractivity (Wildman–Crippen MR) is 114 cm³/mol. The predicted octanol–water partition coefficient (Wildman–Crippen LogP) is 4.80. The molecule has 7 aromatic rings. The van der Waals surface area contributed by atoms with Crippen molar-refractivity contribution in [2.45, 2.75) is 0 Å². The van der Waals surface area contributed by atoms with Gasteiger partial charge in [0.05, 0.1) is 21.5 Å². The Bertz CT molecular complexity index is 1810. The monoisotopic (exact) mass is 394 g/mol. The summed E-state index contributed by atoms with van der Waals surface area (Å²) in [5.74, 6) is -0.660. The highest BCUT2D eigenvalue weighted by Gasteiger charge is 2.29. The Hall–Kier alpha value is -4.32. The number of phenols is 2. The molecular formula is C24H10O6. The van der Waals surface area contributed by atoms with E-state index >= 15 is 0 Å². The van der Waals surface area contributed by atoms with Gasteiger partial charge in [-0.1, -0.05) is 48.5 Å². The Kier molecular flexibility index (Phi) is 2.50. The fraction of sp³-hybridized carbons (Fsp3) is 0. The molecule has 0 atom stereocenters. The molecular weight excluding hydrogens is 384 g/mol. The molecule has 0 saturated heterocycles. The molecule has 0 bridgehead atoms. The number of fused-ring (bicyclic) bond motifs is 10. The number of rotatable bonds is 0. The van der Waals surface area contributed by atoms with E-state index in [-0.39, 0.29) is 66.2 Å². The molecule has 0 saturated carbocycles. The molecule has 6 heteroatoms. The van der Waals surface area contributed by atoms with Crippen molar-refractivity contribution in [3.05, 3.63) is 69.0 Å². The Balaban J connectivity index is 1.81. The van der Waals surface area contributed by atoms with Gasteiger partial charge in [0, 0.05) is 21.5 Å². The van der Waals surface area contributed by atoms with E-state index in [0.29, 0.717) is 21.5 Å². The lowest BCUT2D eigenvalue weighted by Gasteiger charge is -2.00. The van der Waals surface area contributed by atoms with E-state index < -0.39 is 0 Å². The molecule has 30 heavy (non-hydrogen) atoms. The van der Waals surface area contributed by atoms with Gasteiger partial charge in [-0.2, -0.15) is 0 Å². The van der Waals surface area contributed by atoms with E-state index in [4.69, 9.17) is 8.83 Å². The van der Waals surface area contributed by atoms with E-state index in [1.165, 1.54) is 0 Å². The molecule has 0 aliphatic heterocycles. The first-order valence-electron chi connectivity index (χ1n) is 9.33. The molecule has 0 spiro atoms. The summed E-state index contributed by atoms with van der Waals surface area (Å²) >= 11 is 0. The van der Waals surface area contributed by atoms with E-state index in [0.717, 1.165) is 0 Å². The van der Waals surface area contributed by atoms with Crippen LogP contribution in [-0.2, 0) is 0 Å². The maximum atomic E-state index is 13.0. The highest BCUT2D eigenvalue weighted by molar-refractivity contribution is 6.29. The highest BCUT2D eigenvalue weighted by Crippen LogP contribution is 2.50. The van der Waals surface area contributed by atoms with Crippen LogP contribution < -0.4 is 10.9 Å². The van der Waals surface area contributed by atoms with Crippen molar-refractivity contribution in [3.63, 3.8) is 0 Å². The second-order valence-electron chi connectivity index (χ2n) is 7.47. The summed E-state index contributed by atoms with van der Waals surface area (Å²) in [6, 6.07) is 13.9. The largest absolute Gasteiger partial charge is 0.504 e. The van der Waals surface area contributed by atoms with Gasteiger partial charge in [0.15, 0.2) is 33.5 Å². The SMILES string of the molecule is O=c1c2ccccc2c2oc3c(O)c4c(oc5c6ccccc6c(=O)c54)c(O)c3c12. The topological polar surface area (TPSA) is 101 Å². The molecule has 0 aliphatic carbocycles. The first-order valence-corrected chi connectivity index (χ1v) is 9.33. The summed E-state index contributed by atoms with van der Waals surface area (Å²) in [5.41, 5.74) is -0.103. The first kappa shape index (κ1) is 15.6. The van der Waals surface area contributed by atoms with E-state index in [9.17, 15) is 19.8 Å². The number of benzene rings is 3. The van der Waals surface area contributed by atoms with Crippen molar-refractivity contribution < 1.29 is 19.0 Å². The first-order chi connectivity index (χ1) is 14.6. The van der Waals surface area contributed by atoms with Gasteiger partial charge in [-0.25, -0.2) is 0 Å². The molecule has 5 aromatic carbocycles. The van der Waals surface area contributed by atoms with Crippen LogP contribution >= 0.6 is 0 Å². The zero-order valence-corrected chi connectivity index (χ0v) is 15.1. The zero-order valence-electron chi connectivity index (χ0n) is 15.1. The average molecular weight is 394 g/mol. The molecule has 6 nitrogen and oxygen atoms in total. The van der Waals surface area contributed by atoms with Crippen LogP contribution in [0.4, 0.5) is 0 Å². The van der Waals surface area contributed by atoms with Gasteiger partial charge in [-0.15, -0.1) is 0 Å².